The normalized spacial score (nSPS) is 16.8. The molecule has 1 aromatic carbocycles. The van der Waals surface area contributed by atoms with Crippen LogP contribution in [0, 0.1) is 0 Å². The fraction of sp³-hybridized carbons (Fsp3) is 0.0769. The molecule has 0 unspecified atom stereocenters. The molecule has 0 aliphatic carbocycles. The van der Waals surface area contributed by atoms with Gasteiger partial charge in [0.15, 0.2) is 5.17 Å². The van der Waals surface area contributed by atoms with E-state index in [4.69, 9.17) is 0 Å². The molecule has 0 saturated carbocycles. The molecule has 1 aromatic heterocycles. The Kier molecular flexibility index (Phi) is 4.16. The zero-order chi connectivity index (χ0) is 14.7. The topological polar surface area (TPSA) is 71.6 Å². The maximum absolute atomic E-state index is 11.0. The molecule has 8 heteroatoms. The number of carbonyl (C=O) groups is 1. The molecule has 0 spiro atoms. The highest BCUT2D eigenvalue weighted by atomic mass is 79.9. The van der Waals surface area contributed by atoms with Crippen LogP contribution in [0.5, 0.6) is 0 Å². The third-order valence-electron chi connectivity index (χ3n) is 2.66. The predicted molar refractivity (Wildman–Crippen MR) is 86.9 cm³/mol. The highest BCUT2D eigenvalue weighted by Crippen LogP contribution is 2.21. The van der Waals surface area contributed by atoms with Crippen LogP contribution in [0.3, 0.4) is 0 Å². The Morgan fingerprint density at radius 1 is 1.48 bits per heavy atom. The SMILES string of the molecule is O=C1CSC(=NN=Cc2ccc(-n3cccn3)c(Br)c2)N1. The fourth-order valence-electron chi connectivity index (χ4n) is 1.73. The Morgan fingerprint density at radius 3 is 3.05 bits per heavy atom. The Morgan fingerprint density at radius 2 is 2.38 bits per heavy atom. The van der Waals surface area contributed by atoms with E-state index in [-0.39, 0.29) is 5.91 Å². The first-order chi connectivity index (χ1) is 10.2. The Hall–Kier alpha value is -1.93. The molecule has 1 aliphatic rings. The summed E-state index contributed by atoms with van der Waals surface area (Å²) in [6.07, 6.45) is 5.24. The summed E-state index contributed by atoms with van der Waals surface area (Å²) >= 11 is 4.86. The minimum Gasteiger partial charge on any atom is -0.303 e. The summed E-state index contributed by atoms with van der Waals surface area (Å²) in [5, 5.41) is 15.3. The lowest BCUT2D eigenvalue weighted by Crippen LogP contribution is -2.19. The van der Waals surface area contributed by atoms with E-state index < -0.39 is 0 Å². The summed E-state index contributed by atoms with van der Waals surface area (Å²) in [5.74, 6) is 0.360. The van der Waals surface area contributed by atoms with Gasteiger partial charge in [0.2, 0.25) is 5.91 Å². The molecule has 21 heavy (non-hydrogen) atoms. The van der Waals surface area contributed by atoms with E-state index in [1.165, 1.54) is 11.8 Å². The second-order valence-corrected chi connectivity index (χ2v) is 5.97. The number of rotatable bonds is 3. The number of carbonyl (C=O) groups excluding carboxylic acids is 1. The van der Waals surface area contributed by atoms with E-state index in [2.05, 4.69) is 36.5 Å². The smallest absolute Gasteiger partial charge is 0.236 e. The van der Waals surface area contributed by atoms with Crippen LogP contribution < -0.4 is 5.32 Å². The first-order valence-corrected chi connectivity index (χ1v) is 7.83. The first kappa shape index (κ1) is 14.0. The van der Waals surface area contributed by atoms with Crippen LogP contribution in [-0.4, -0.2) is 32.8 Å². The van der Waals surface area contributed by atoms with Gasteiger partial charge in [-0.2, -0.15) is 10.2 Å². The Labute approximate surface area is 133 Å². The van der Waals surface area contributed by atoms with Crippen molar-refractivity contribution in [3.05, 3.63) is 46.7 Å². The second kappa shape index (κ2) is 6.23. The van der Waals surface area contributed by atoms with Crippen molar-refractivity contribution >= 4 is 45.0 Å². The molecule has 3 rings (SSSR count). The monoisotopic (exact) mass is 363 g/mol. The fourth-order valence-corrected chi connectivity index (χ4v) is 2.94. The van der Waals surface area contributed by atoms with Gasteiger partial charge in [-0.15, -0.1) is 5.10 Å². The second-order valence-electron chi connectivity index (χ2n) is 4.15. The summed E-state index contributed by atoms with van der Waals surface area (Å²) in [4.78, 5) is 11.0. The van der Waals surface area contributed by atoms with Gasteiger partial charge in [0.05, 0.1) is 17.7 Å². The highest BCUT2D eigenvalue weighted by Gasteiger charge is 2.15. The van der Waals surface area contributed by atoms with Gasteiger partial charge in [0.1, 0.15) is 0 Å². The quantitative estimate of drug-likeness (QED) is 0.670. The molecule has 2 heterocycles. The average molecular weight is 364 g/mol. The molecule has 0 radical (unpaired) electrons. The van der Waals surface area contributed by atoms with Crippen molar-refractivity contribution in [3.8, 4) is 5.69 Å². The number of benzene rings is 1. The van der Waals surface area contributed by atoms with E-state index >= 15 is 0 Å². The Balaban J connectivity index is 1.75. The molecule has 6 nitrogen and oxygen atoms in total. The number of hydrogen-bond donors (Lipinski definition) is 1. The van der Waals surface area contributed by atoms with E-state index in [1.54, 1.807) is 17.1 Å². The number of amides is 1. The largest absolute Gasteiger partial charge is 0.303 e. The zero-order valence-electron chi connectivity index (χ0n) is 10.7. The molecule has 1 N–H and O–H groups in total. The summed E-state index contributed by atoms with van der Waals surface area (Å²) in [5.41, 5.74) is 1.85. The molecule has 106 valence electrons. The molecular formula is C13H10BrN5OS. The van der Waals surface area contributed by atoms with Crippen molar-refractivity contribution in [1.82, 2.24) is 15.1 Å². The zero-order valence-corrected chi connectivity index (χ0v) is 13.1. The summed E-state index contributed by atoms with van der Waals surface area (Å²) in [6.45, 7) is 0. The third-order valence-corrected chi connectivity index (χ3v) is 4.16. The molecule has 2 aromatic rings. The van der Waals surface area contributed by atoms with E-state index in [1.807, 2.05) is 30.5 Å². The lowest BCUT2D eigenvalue weighted by molar-refractivity contribution is -0.116. The number of hydrogen-bond acceptors (Lipinski definition) is 5. The third kappa shape index (κ3) is 3.40. The van der Waals surface area contributed by atoms with Crippen LogP contribution in [0.2, 0.25) is 0 Å². The number of amidine groups is 1. The van der Waals surface area contributed by atoms with Gasteiger partial charge in [0, 0.05) is 16.9 Å². The minimum absolute atomic E-state index is 0.0414. The maximum Gasteiger partial charge on any atom is 0.236 e. The van der Waals surface area contributed by atoms with Crippen molar-refractivity contribution in [3.63, 3.8) is 0 Å². The molecule has 1 fully saturated rings. The lowest BCUT2D eigenvalue weighted by Gasteiger charge is -2.04. The lowest BCUT2D eigenvalue weighted by atomic mass is 10.2. The van der Waals surface area contributed by atoms with Gasteiger partial charge in [-0.1, -0.05) is 17.8 Å². The number of thioether (sulfide) groups is 1. The minimum atomic E-state index is -0.0414. The molecule has 0 atom stereocenters. The first-order valence-electron chi connectivity index (χ1n) is 6.05. The van der Waals surface area contributed by atoms with Crippen LogP contribution >= 0.6 is 27.7 Å². The molecule has 1 amide bonds. The standard InChI is InChI=1S/C13H10BrN5OS/c14-10-6-9(2-3-11(10)19-5-1-4-16-19)7-15-18-13-17-12(20)8-21-13/h1-7H,8H2,(H,17,18,20). The Bertz CT molecular complexity index is 726. The van der Waals surface area contributed by atoms with Gasteiger partial charge in [-0.05, 0) is 39.7 Å². The van der Waals surface area contributed by atoms with Crippen molar-refractivity contribution in [2.45, 2.75) is 0 Å². The number of nitrogens with zero attached hydrogens (tertiary/aromatic N) is 4. The van der Waals surface area contributed by atoms with E-state index in [0.29, 0.717) is 10.9 Å². The van der Waals surface area contributed by atoms with Gasteiger partial charge < -0.3 is 5.32 Å². The van der Waals surface area contributed by atoms with E-state index in [0.717, 1.165) is 15.7 Å². The molecular weight excluding hydrogens is 354 g/mol. The summed E-state index contributed by atoms with van der Waals surface area (Å²) in [7, 11) is 0. The predicted octanol–water partition coefficient (Wildman–Crippen LogP) is 2.19. The van der Waals surface area contributed by atoms with Gasteiger partial charge in [-0.25, -0.2) is 4.68 Å². The number of halogens is 1. The van der Waals surface area contributed by atoms with Crippen LogP contribution in [-0.2, 0) is 4.79 Å². The van der Waals surface area contributed by atoms with Crippen molar-refractivity contribution in [2.75, 3.05) is 5.75 Å². The maximum atomic E-state index is 11.0. The number of nitrogens with one attached hydrogen (secondary N) is 1. The van der Waals surface area contributed by atoms with Gasteiger partial charge >= 0.3 is 0 Å². The van der Waals surface area contributed by atoms with Gasteiger partial charge in [-0.3, -0.25) is 4.79 Å². The average Bonchev–Trinajstić information content (AvgIpc) is 3.11. The number of aromatic nitrogens is 2. The molecule has 0 bridgehead atoms. The summed E-state index contributed by atoms with van der Waals surface area (Å²) in [6, 6.07) is 7.66. The highest BCUT2D eigenvalue weighted by molar-refractivity contribution is 9.10. The van der Waals surface area contributed by atoms with Crippen LogP contribution in [0.25, 0.3) is 5.69 Å². The van der Waals surface area contributed by atoms with E-state index in [9.17, 15) is 4.79 Å². The van der Waals surface area contributed by atoms with Crippen molar-refractivity contribution in [1.29, 1.82) is 0 Å². The van der Waals surface area contributed by atoms with Crippen molar-refractivity contribution < 1.29 is 4.79 Å². The van der Waals surface area contributed by atoms with Crippen molar-refractivity contribution in [2.24, 2.45) is 10.2 Å². The van der Waals surface area contributed by atoms with Crippen LogP contribution in [0.1, 0.15) is 5.56 Å². The van der Waals surface area contributed by atoms with Crippen LogP contribution in [0.15, 0.2) is 51.3 Å². The van der Waals surface area contributed by atoms with Gasteiger partial charge in [0.25, 0.3) is 0 Å². The molecule has 1 saturated heterocycles. The summed E-state index contributed by atoms with van der Waals surface area (Å²) < 4.78 is 2.68. The van der Waals surface area contributed by atoms with Crippen LogP contribution in [0.4, 0.5) is 0 Å². The molecule has 1 aliphatic heterocycles.